The van der Waals surface area contributed by atoms with E-state index in [1.165, 1.54) is 0 Å². The smallest absolute Gasteiger partial charge is 0.394 e. The van der Waals surface area contributed by atoms with E-state index in [1.807, 2.05) is 0 Å². The number of hydrogen-bond donors (Lipinski definition) is 1. The van der Waals surface area contributed by atoms with E-state index in [4.69, 9.17) is 0 Å². The minimum atomic E-state index is -5.54. The fraction of sp³-hybridized carbons (Fsp3) is 0.143. The quantitative estimate of drug-likeness (QED) is 0.416. The van der Waals surface area contributed by atoms with Crippen molar-refractivity contribution in [3.63, 3.8) is 0 Å². The van der Waals surface area contributed by atoms with E-state index in [2.05, 4.69) is 5.73 Å². The van der Waals surface area contributed by atoms with Gasteiger partial charge in [0.25, 0.3) is 0 Å². The molecule has 8 heteroatoms. The summed E-state index contributed by atoms with van der Waals surface area (Å²) in [5, 5.41) is 0. The zero-order chi connectivity index (χ0) is 12.0. The zero-order valence-electron chi connectivity index (χ0n) is 6.72. The minimum Gasteiger partial charge on any atom is -0.394 e. The van der Waals surface area contributed by atoms with Crippen molar-refractivity contribution >= 4 is 5.69 Å². The molecule has 0 bridgehead atoms. The second-order valence-corrected chi connectivity index (χ2v) is 2.54. The molecule has 1 rings (SSSR count). The molecular formula is C7H2F7N. The van der Waals surface area contributed by atoms with E-state index in [0.29, 0.717) is 0 Å². The first-order valence-corrected chi connectivity index (χ1v) is 3.36. The molecule has 2 N–H and O–H groups in total. The molecule has 1 aromatic rings. The summed E-state index contributed by atoms with van der Waals surface area (Å²) < 4.78 is 86.2. The van der Waals surface area contributed by atoms with Gasteiger partial charge in [-0.05, 0) is 0 Å². The Morgan fingerprint density at radius 3 is 1.33 bits per heavy atom. The van der Waals surface area contributed by atoms with Crippen LogP contribution in [0.3, 0.4) is 0 Å². The Hall–Kier alpha value is -1.47. The van der Waals surface area contributed by atoms with Gasteiger partial charge in [0.2, 0.25) is 0 Å². The molecule has 1 nitrogen and oxygen atoms in total. The lowest BCUT2D eigenvalue weighted by molar-refractivity contribution is -0.143. The topological polar surface area (TPSA) is 26.0 Å². The van der Waals surface area contributed by atoms with Gasteiger partial charge < -0.3 is 5.73 Å². The number of anilines is 1. The molecule has 0 fully saturated rings. The lowest BCUT2D eigenvalue weighted by Gasteiger charge is -2.11. The van der Waals surface area contributed by atoms with Crippen molar-refractivity contribution in [3.05, 3.63) is 28.8 Å². The Morgan fingerprint density at radius 1 is 0.733 bits per heavy atom. The fourth-order valence-electron chi connectivity index (χ4n) is 0.898. The Kier molecular flexibility index (Phi) is 2.54. The number of halogens is 7. The number of alkyl halides is 3. The first kappa shape index (κ1) is 11.6. The summed E-state index contributed by atoms with van der Waals surface area (Å²) in [5.41, 5.74) is 0.239. The molecule has 0 spiro atoms. The van der Waals surface area contributed by atoms with Gasteiger partial charge >= 0.3 is 6.18 Å². The van der Waals surface area contributed by atoms with E-state index < -0.39 is 40.7 Å². The van der Waals surface area contributed by atoms with E-state index in [9.17, 15) is 30.7 Å². The predicted octanol–water partition coefficient (Wildman–Crippen LogP) is 2.84. The van der Waals surface area contributed by atoms with Gasteiger partial charge in [0.1, 0.15) is 11.3 Å². The molecule has 15 heavy (non-hydrogen) atoms. The highest BCUT2D eigenvalue weighted by Gasteiger charge is 2.41. The number of hydrogen-bond acceptors (Lipinski definition) is 1. The van der Waals surface area contributed by atoms with E-state index in [-0.39, 0.29) is 0 Å². The lowest BCUT2D eigenvalue weighted by atomic mass is 10.1. The van der Waals surface area contributed by atoms with Crippen molar-refractivity contribution < 1.29 is 30.7 Å². The molecule has 0 amide bonds. The fourth-order valence-corrected chi connectivity index (χ4v) is 0.898. The summed E-state index contributed by atoms with van der Waals surface area (Å²) in [5.74, 6) is -9.64. The maximum absolute atomic E-state index is 12.6. The van der Waals surface area contributed by atoms with E-state index in [0.717, 1.165) is 0 Å². The lowest BCUT2D eigenvalue weighted by Crippen LogP contribution is -2.16. The first-order chi connectivity index (χ1) is 6.68. The van der Waals surface area contributed by atoms with Crippen LogP contribution in [0.1, 0.15) is 5.56 Å². The number of benzene rings is 1. The highest BCUT2D eigenvalue weighted by Crippen LogP contribution is 2.37. The minimum absolute atomic E-state index is 1.63. The van der Waals surface area contributed by atoms with Gasteiger partial charge in [-0.3, -0.25) is 0 Å². The van der Waals surface area contributed by atoms with Gasteiger partial charge in [-0.1, -0.05) is 0 Å². The molecule has 0 atom stereocenters. The van der Waals surface area contributed by atoms with E-state index >= 15 is 0 Å². The highest BCUT2D eigenvalue weighted by atomic mass is 19.4. The third-order valence-corrected chi connectivity index (χ3v) is 1.58. The number of nitrogen functional groups attached to an aromatic ring is 1. The second-order valence-electron chi connectivity index (χ2n) is 2.54. The van der Waals surface area contributed by atoms with Gasteiger partial charge in [-0.2, -0.15) is 13.2 Å². The summed E-state index contributed by atoms with van der Waals surface area (Å²) in [6.45, 7) is 0. The van der Waals surface area contributed by atoms with Crippen molar-refractivity contribution in [3.8, 4) is 0 Å². The van der Waals surface area contributed by atoms with Crippen LogP contribution in [-0.2, 0) is 6.18 Å². The molecule has 0 aliphatic heterocycles. The van der Waals surface area contributed by atoms with Gasteiger partial charge in [0.15, 0.2) is 23.3 Å². The Labute approximate surface area is 78.3 Å². The second kappa shape index (κ2) is 3.28. The van der Waals surface area contributed by atoms with Crippen molar-refractivity contribution in [1.29, 1.82) is 0 Å². The van der Waals surface area contributed by atoms with Crippen LogP contribution in [0.4, 0.5) is 36.4 Å². The summed E-state index contributed by atoms with van der Waals surface area (Å²) in [6, 6.07) is 0. The maximum Gasteiger partial charge on any atom is 0.422 e. The molecule has 0 aromatic heterocycles. The Bertz CT molecular complexity index is 380. The Morgan fingerprint density at radius 2 is 1.07 bits per heavy atom. The molecule has 0 radical (unpaired) electrons. The summed E-state index contributed by atoms with van der Waals surface area (Å²) in [6.07, 6.45) is -5.54. The molecule has 0 saturated heterocycles. The summed E-state index contributed by atoms with van der Waals surface area (Å²) in [4.78, 5) is 0. The maximum atomic E-state index is 12.6. The molecule has 0 saturated carbocycles. The summed E-state index contributed by atoms with van der Waals surface area (Å²) in [7, 11) is 0. The van der Waals surface area contributed by atoms with Crippen molar-refractivity contribution in [2.45, 2.75) is 6.18 Å². The average molecular weight is 233 g/mol. The standard InChI is InChI=1S/C7H2F7N/c8-2-1(7(12,13)14)3(9)5(11)6(15)4(2)10/h15H2. The molecular weight excluding hydrogens is 231 g/mol. The largest absolute Gasteiger partial charge is 0.422 e. The number of rotatable bonds is 0. The molecule has 0 unspecified atom stereocenters. The SMILES string of the molecule is Nc1c(F)c(F)c(C(F)(F)F)c(F)c1F. The van der Waals surface area contributed by atoms with Crippen LogP contribution < -0.4 is 5.73 Å². The monoisotopic (exact) mass is 233 g/mol. The molecule has 1 aromatic carbocycles. The highest BCUT2D eigenvalue weighted by molar-refractivity contribution is 5.45. The van der Waals surface area contributed by atoms with Crippen molar-refractivity contribution in [1.82, 2.24) is 0 Å². The van der Waals surface area contributed by atoms with Crippen LogP contribution in [0, 0.1) is 23.3 Å². The van der Waals surface area contributed by atoms with Gasteiger partial charge in [-0.15, -0.1) is 0 Å². The third kappa shape index (κ3) is 1.71. The Balaban J connectivity index is 3.68. The predicted molar refractivity (Wildman–Crippen MR) is 35.7 cm³/mol. The molecule has 0 aliphatic rings. The average Bonchev–Trinajstić information content (AvgIpc) is 2.09. The van der Waals surface area contributed by atoms with Gasteiger partial charge in [-0.25, -0.2) is 17.6 Å². The molecule has 0 aliphatic carbocycles. The van der Waals surface area contributed by atoms with Crippen LogP contribution in [0.2, 0.25) is 0 Å². The van der Waals surface area contributed by atoms with Crippen LogP contribution >= 0.6 is 0 Å². The van der Waals surface area contributed by atoms with E-state index in [1.54, 1.807) is 0 Å². The van der Waals surface area contributed by atoms with Gasteiger partial charge in [0.05, 0.1) is 0 Å². The van der Waals surface area contributed by atoms with Crippen LogP contribution in [0.25, 0.3) is 0 Å². The first-order valence-electron chi connectivity index (χ1n) is 3.36. The van der Waals surface area contributed by atoms with Crippen molar-refractivity contribution in [2.75, 3.05) is 5.73 Å². The number of nitrogens with two attached hydrogens (primary N) is 1. The third-order valence-electron chi connectivity index (χ3n) is 1.58. The molecule has 84 valence electrons. The van der Waals surface area contributed by atoms with Crippen LogP contribution in [-0.4, -0.2) is 0 Å². The van der Waals surface area contributed by atoms with Crippen LogP contribution in [0.15, 0.2) is 0 Å². The van der Waals surface area contributed by atoms with Crippen LogP contribution in [0.5, 0.6) is 0 Å². The summed E-state index contributed by atoms with van der Waals surface area (Å²) >= 11 is 0. The van der Waals surface area contributed by atoms with Gasteiger partial charge in [0, 0.05) is 0 Å². The normalized spacial score (nSPS) is 11.9. The zero-order valence-corrected chi connectivity index (χ0v) is 6.72. The molecule has 0 heterocycles. The van der Waals surface area contributed by atoms with Crippen molar-refractivity contribution in [2.24, 2.45) is 0 Å².